The number of benzene rings is 1. The van der Waals surface area contributed by atoms with Crippen molar-refractivity contribution in [3.63, 3.8) is 0 Å². The molecule has 0 fully saturated rings. The Hall–Kier alpha value is -0.570. The van der Waals surface area contributed by atoms with Crippen molar-refractivity contribution in [2.75, 3.05) is 6.61 Å². The molecule has 0 saturated heterocycles. The fourth-order valence-corrected chi connectivity index (χ4v) is 1.32. The molecule has 3 heteroatoms. The summed E-state index contributed by atoms with van der Waals surface area (Å²) in [7, 11) is 0. The minimum Gasteiger partial charge on any atom is -0.396 e. The van der Waals surface area contributed by atoms with E-state index in [1.54, 1.807) is 0 Å². The minimum atomic E-state index is 0.231. The van der Waals surface area contributed by atoms with Gasteiger partial charge in [-0.15, -0.1) is 0 Å². The van der Waals surface area contributed by atoms with Gasteiger partial charge in [0.25, 0.3) is 0 Å². The maximum atomic E-state index is 8.71. The van der Waals surface area contributed by atoms with Gasteiger partial charge in [0.2, 0.25) is 0 Å². The Morgan fingerprint density at radius 3 is 2.57 bits per heavy atom. The van der Waals surface area contributed by atoms with Crippen molar-refractivity contribution in [2.24, 2.45) is 0 Å². The standard InChI is InChI=1S/C11H16ClNO/c1-9(6-7-14)13-8-10-2-4-11(12)5-3-10/h2-5,9,13-14H,6-8H2,1H3/t9-/m1/s1. The fraction of sp³-hybridized carbons (Fsp3) is 0.455. The molecular formula is C11H16ClNO. The lowest BCUT2D eigenvalue weighted by Crippen LogP contribution is -2.26. The second-order valence-electron chi connectivity index (χ2n) is 3.42. The highest BCUT2D eigenvalue weighted by Gasteiger charge is 1.99. The molecule has 0 bridgehead atoms. The Labute approximate surface area is 89.9 Å². The van der Waals surface area contributed by atoms with Crippen LogP contribution in [-0.4, -0.2) is 17.8 Å². The zero-order valence-corrected chi connectivity index (χ0v) is 9.09. The molecule has 14 heavy (non-hydrogen) atoms. The summed E-state index contributed by atoms with van der Waals surface area (Å²) in [6.07, 6.45) is 0.785. The first-order chi connectivity index (χ1) is 6.72. The van der Waals surface area contributed by atoms with Crippen LogP contribution in [0.4, 0.5) is 0 Å². The summed E-state index contributed by atoms with van der Waals surface area (Å²) in [5.74, 6) is 0. The van der Waals surface area contributed by atoms with Crippen LogP contribution in [0.1, 0.15) is 18.9 Å². The van der Waals surface area contributed by atoms with E-state index in [2.05, 4.69) is 12.2 Å². The molecule has 0 unspecified atom stereocenters. The number of rotatable bonds is 5. The van der Waals surface area contributed by atoms with Gasteiger partial charge in [0, 0.05) is 24.2 Å². The van der Waals surface area contributed by atoms with Crippen molar-refractivity contribution >= 4 is 11.6 Å². The molecule has 0 aromatic heterocycles. The molecule has 0 heterocycles. The van der Waals surface area contributed by atoms with E-state index in [-0.39, 0.29) is 6.61 Å². The van der Waals surface area contributed by atoms with E-state index in [4.69, 9.17) is 16.7 Å². The lowest BCUT2D eigenvalue weighted by Gasteiger charge is -2.11. The molecule has 0 amide bonds. The van der Waals surface area contributed by atoms with Gasteiger partial charge in [-0.1, -0.05) is 23.7 Å². The molecule has 1 rings (SSSR count). The van der Waals surface area contributed by atoms with Gasteiger partial charge in [-0.05, 0) is 31.0 Å². The summed E-state index contributed by atoms with van der Waals surface area (Å²) in [6, 6.07) is 8.11. The molecule has 78 valence electrons. The number of nitrogens with one attached hydrogen (secondary N) is 1. The molecule has 1 atom stereocenters. The predicted molar refractivity (Wildman–Crippen MR) is 59.5 cm³/mol. The summed E-state index contributed by atoms with van der Waals surface area (Å²) < 4.78 is 0. The Morgan fingerprint density at radius 2 is 2.00 bits per heavy atom. The first-order valence-electron chi connectivity index (χ1n) is 4.81. The summed E-state index contributed by atoms with van der Waals surface area (Å²) >= 11 is 5.77. The minimum absolute atomic E-state index is 0.231. The molecule has 2 N–H and O–H groups in total. The average Bonchev–Trinajstić information content (AvgIpc) is 2.17. The van der Waals surface area contributed by atoms with E-state index in [0.717, 1.165) is 18.0 Å². The zero-order chi connectivity index (χ0) is 10.4. The third kappa shape index (κ3) is 4.09. The molecule has 0 saturated carbocycles. The number of hydrogen-bond donors (Lipinski definition) is 2. The van der Waals surface area contributed by atoms with Crippen LogP contribution in [0.25, 0.3) is 0 Å². The summed E-state index contributed by atoms with van der Waals surface area (Å²) in [5.41, 5.74) is 1.21. The smallest absolute Gasteiger partial charge is 0.0445 e. The second-order valence-corrected chi connectivity index (χ2v) is 3.86. The summed E-state index contributed by atoms with van der Waals surface area (Å²) in [5, 5.41) is 12.8. The molecule has 2 nitrogen and oxygen atoms in total. The van der Waals surface area contributed by atoms with Crippen molar-refractivity contribution in [3.05, 3.63) is 34.9 Å². The van der Waals surface area contributed by atoms with Crippen LogP contribution < -0.4 is 5.32 Å². The van der Waals surface area contributed by atoms with Gasteiger partial charge < -0.3 is 10.4 Å². The highest BCUT2D eigenvalue weighted by atomic mass is 35.5. The van der Waals surface area contributed by atoms with Crippen LogP contribution in [0.3, 0.4) is 0 Å². The zero-order valence-electron chi connectivity index (χ0n) is 8.33. The van der Waals surface area contributed by atoms with Gasteiger partial charge in [-0.2, -0.15) is 0 Å². The highest BCUT2D eigenvalue weighted by Crippen LogP contribution is 2.09. The number of aliphatic hydroxyl groups excluding tert-OH is 1. The quantitative estimate of drug-likeness (QED) is 0.786. The maximum Gasteiger partial charge on any atom is 0.0445 e. The van der Waals surface area contributed by atoms with Gasteiger partial charge in [-0.25, -0.2) is 0 Å². The van der Waals surface area contributed by atoms with Crippen molar-refractivity contribution < 1.29 is 5.11 Å². The molecular weight excluding hydrogens is 198 g/mol. The van der Waals surface area contributed by atoms with E-state index >= 15 is 0 Å². The molecule has 0 radical (unpaired) electrons. The van der Waals surface area contributed by atoms with E-state index in [1.807, 2.05) is 24.3 Å². The van der Waals surface area contributed by atoms with E-state index < -0.39 is 0 Å². The summed E-state index contributed by atoms with van der Waals surface area (Å²) in [4.78, 5) is 0. The number of hydrogen-bond acceptors (Lipinski definition) is 2. The average molecular weight is 214 g/mol. The molecule has 1 aromatic carbocycles. The van der Waals surface area contributed by atoms with Crippen LogP contribution in [0.15, 0.2) is 24.3 Å². The summed E-state index contributed by atoms with van der Waals surface area (Å²) in [6.45, 7) is 3.11. The van der Waals surface area contributed by atoms with Crippen LogP contribution >= 0.6 is 11.6 Å². The topological polar surface area (TPSA) is 32.3 Å². The Morgan fingerprint density at radius 1 is 1.36 bits per heavy atom. The third-order valence-corrected chi connectivity index (χ3v) is 2.38. The Kier molecular flexibility index (Phi) is 4.94. The molecule has 0 aliphatic heterocycles. The van der Waals surface area contributed by atoms with Crippen molar-refractivity contribution in [1.29, 1.82) is 0 Å². The lowest BCUT2D eigenvalue weighted by molar-refractivity contribution is 0.268. The van der Waals surface area contributed by atoms with Crippen LogP contribution in [0.5, 0.6) is 0 Å². The van der Waals surface area contributed by atoms with E-state index in [1.165, 1.54) is 5.56 Å². The van der Waals surface area contributed by atoms with Gasteiger partial charge in [0.1, 0.15) is 0 Å². The highest BCUT2D eigenvalue weighted by molar-refractivity contribution is 6.30. The molecule has 0 spiro atoms. The molecule has 1 aromatic rings. The number of aliphatic hydroxyl groups is 1. The lowest BCUT2D eigenvalue weighted by atomic mass is 10.2. The molecule has 0 aliphatic carbocycles. The van der Waals surface area contributed by atoms with Gasteiger partial charge >= 0.3 is 0 Å². The fourth-order valence-electron chi connectivity index (χ4n) is 1.19. The first-order valence-corrected chi connectivity index (χ1v) is 5.19. The normalized spacial score (nSPS) is 12.8. The second kappa shape index (κ2) is 6.02. The van der Waals surface area contributed by atoms with Crippen LogP contribution in [0, 0.1) is 0 Å². The Bertz CT molecular complexity index is 260. The van der Waals surface area contributed by atoms with Gasteiger partial charge in [0.15, 0.2) is 0 Å². The SMILES string of the molecule is C[C@H](CCO)NCc1ccc(Cl)cc1. The maximum absolute atomic E-state index is 8.71. The van der Waals surface area contributed by atoms with Crippen LogP contribution in [-0.2, 0) is 6.54 Å². The first kappa shape index (κ1) is 11.5. The van der Waals surface area contributed by atoms with Crippen LogP contribution in [0.2, 0.25) is 5.02 Å². The molecule has 0 aliphatic rings. The van der Waals surface area contributed by atoms with Gasteiger partial charge in [0.05, 0.1) is 0 Å². The van der Waals surface area contributed by atoms with E-state index in [9.17, 15) is 0 Å². The largest absolute Gasteiger partial charge is 0.396 e. The number of halogens is 1. The Balaban J connectivity index is 2.34. The third-order valence-electron chi connectivity index (χ3n) is 2.13. The predicted octanol–water partition coefficient (Wildman–Crippen LogP) is 2.20. The van der Waals surface area contributed by atoms with Crippen molar-refractivity contribution in [2.45, 2.75) is 25.9 Å². The van der Waals surface area contributed by atoms with Crippen molar-refractivity contribution in [1.82, 2.24) is 5.32 Å². The van der Waals surface area contributed by atoms with Crippen molar-refractivity contribution in [3.8, 4) is 0 Å². The van der Waals surface area contributed by atoms with E-state index in [0.29, 0.717) is 6.04 Å². The monoisotopic (exact) mass is 213 g/mol. The van der Waals surface area contributed by atoms with Gasteiger partial charge in [-0.3, -0.25) is 0 Å².